The predicted octanol–water partition coefficient (Wildman–Crippen LogP) is 2.64. The summed E-state index contributed by atoms with van der Waals surface area (Å²) in [6.45, 7) is 9.38. The van der Waals surface area contributed by atoms with Gasteiger partial charge in [0.15, 0.2) is 0 Å². The van der Waals surface area contributed by atoms with Gasteiger partial charge < -0.3 is 10.2 Å². The Morgan fingerprint density at radius 2 is 2.13 bits per heavy atom. The van der Waals surface area contributed by atoms with E-state index in [9.17, 15) is 0 Å². The zero-order valence-electron chi connectivity index (χ0n) is 11.0. The van der Waals surface area contributed by atoms with Crippen LogP contribution in [0.1, 0.15) is 52.9 Å². The van der Waals surface area contributed by atoms with Gasteiger partial charge in [0.2, 0.25) is 0 Å². The Morgan fingerprint density at radius 1 is 1.40 bits per heavy atom. The molecule has 0 aromatic carbocycles. The van der Waals surface area contributed by atoms with E-state index in [1.165, 1.54) is 45.2 Å². The molecule has 2 unspecified atom stereocenters. The number of nitrogens with one attached hydrogen (secondary N) is 1. The molecule has 0 amide bonds. The normalized spacial score (nSPS) is 29.4. The van der Waals surface area contributed by atoms with Crippen molar-refractivity contribution in [1.29, 1.82) is 0 Å². The quantitative estimate of drug-likeness (QED) is 0.753. The van der Waals surface area contributed by atoms with E-state index in [-0.39, 0.29) is 0 Å². The Kier molecular flexibility index (Phi) is 5.07. The molecular weight excluding hydrogens is 184 g/mol. The summed E-state index contributed by atoms with van der Waals surface area (Å²) in [5.41, 5.74) is 0.356. The molecule has 2 nitrogen and oxygen atoms in total. The summed E-state index contributed by atoms with van der Waals surface area (Å²) >= 11 is 0. The van der Waals surface area contributed by atoms with Gasteiger partial charge in [-0.25, -0.2) is 0 Å². The molecule has 0 radical (unpaired) electrons. The van der Waals surface area contributed by atoms with Crippen LogP contribution >= 0.6 is 0 Å². The molecule has 1 aliphatic rings. The Bertz CT molecular complexity index is 173. The predicted molar refractivity (Wildman–Crippen MR) is 67.3 cm³/mol. The lowest BCUT2D eigenvalue weighted by Crippen LogP contribution is -2.54. The van der Waals surface area contributed by atoms with Crippen LogP contribution < -0.4 is 5.32 Å². The van der Waals surface area contributed by atoms with E-state index in [0.29, 0.717) is 5.54 Å². The van der Waals surface area contributed by atoms with Gasteiger partial charge in [0, 0.05) is 18.1 Å². The third-order valence-corrected chi connectivity index (χ3v) is 3.76. The molecule has 1 N–H and O–H groups in total. The number of rotatable bonds is 5. The van der Waals surface area contributed by atoms with Crippen molar-refractivity contribution >= 4 is 0 Å². The van der Waals surface area contributed by atoms with E-state index in [4.69, 9.17) is 0 Å². The smallest absolute Gasteiger partial charge is 0.0280 e. The van der Waals surface area contributed by atoms with E-state index in [1.54, 1.807) is 0 Å². The van der Waals surface area contributed by atoms with Crippen molar-refractivity contribution in [2.24, 2.45) is 0 Å². The first-order valence-corrected chi connectivity index (χ1v) is 6.53. The number of nitrogens with zero attached hydrogens (tertiary/aromatic N) is 1. The van der Waals surface area contributed by atoms with Crippen molar-refractivity contribution in [2.75, 3.05) is 20.1 Å². The second-order valence-electron chi connectivity index (χ2n) is 5.50. The highest BCUT2D eigenvalue weighted by molar-refractivity contribution is 4.89. The van der Waals surface area contributed by atoms with Crippen LogP contribution in [-0.4, -0.2) is 36.6 Å². The fourth-order valence-electron chi connectivity index (χ4n) is 2.60. The molecule has 1 aliphatic heterocycles. The minimum Gasteiger partial charge on any atom is -0.310 e. The Balaban J connectivity index is 2.37. The summed E-state index contributed by atoms with van der Waals surface area (Å²) in [6, 6.07) is 0.718. The van der Waals surface area contributed by atoms with E-state index in [2.05, 4.69) is 38.0 Å². The summed E-state index contributed by atoms with van der Waals surface area (Å²) in [7, 11) is 2.27. The molecule has 1 rings (SSSR count). The number of piperidine rings is 1. The van der Waals surface area contributed by atoms with Gasteiger partial charge in [-0.1, -0.05) is 19.8 Å². The molecule has 1 fully saturated rings. The molecule has 0 saturated carbocycles. The van der Waals surface area contributed by atoms with Crippen LogP contribution in [0.25, 0.3) is 0 Å². The molecular formula is C13H28N2. The lowest BCUT2D eigenvalue weighted by atomic mass is 9.90. The molecule has 2 atom stereocenters. The second kappa shape index (κ2) is 5.86. The first-order chi connectivity index (χ1) is 7.07. The summed E-state index contributed by atoms with van der Waals surface area (Å²) in [6.07, 6.45) is 6.67. The molecule has 2 heteroatoms. The number of likely N-dealkylation sites (N-methyl/N-ethyl adjacent to an activating group) is 1. The Labute approximate surface area is 95.4 Å². The maximum atomic E-state index is 3.68. The van der Waals surface area contributed by atoms with Gasteiger partial charge in [0.25, 0.3) is 0 Å². The minimum absolute atomic E-state index is 0.356. The fraction of sp³-hybridized carbons (Fsp3) is 1.00. The van der Waals surface area contributed by atoms with Gasteiger partial charge in [0.1, 0.15) is 0 Å². The minimum atomic E-state index is 0.356. The average molecular weight is 212 g/mol. The third-order valence-electron chi connectivity index (χ3n) is 3.76. The van der Waals surface area contributed by atoms with Crippen molar-refractivity contribution in [3.8, 4) is 0 Å². The van der Waals surface area contributed by atoms with Gasteiger partial charge in [0.05, 0.1) is 0 Å². The van der Waals surface area contributed by atoms with E-state index >= 15 is 0 Å². The zero-order chi connectivity index (χ0) is 11.3. The zero-order valence-corrected chi connectivity index (χ0v) is 11.0. The molecule has 90 valence electrons. The van der Waals surface area contributed by atoms with Crippen LogP contribution in [-0.2, 0) is 0 Å². The first kappa shape index (κ1) is 13.0. The van der Waals surface area contributed by atoms with Crippen LogP contribution in [0.4, 0.5) is 0 Å². The van der Waals surface area contributed by atoms with E-state index in [1.807, 2.05) is 0 Å². The molecule has 0 aromatic heterocycles. The Morgan fingerprint density at radius 3 is 2.67 bits per heavy atom. The molecule has 0 aromatic rings. The van der Waals surface area contributed by atoms with Gasteiger partial charge in [-0.2, -0.15) is 0 Å². The molecule has 0 aliphatic carbocycles. The fourth-order valence-corrected chi connectivity index (χ4v) is 2.60. The van der Waals surface area contributed by atoms with Crippen molar-refractivity contribution in [3.63, 3.8) is 0 Å². The SMILES string of the molecule is CCCC(C)N(C)CC1(C)CCCCN1. The summed E-state index contributed by atoms with van der Waals surface area (Å²) in [5.74, 6) is 0. The third kappa shape index (κ3) is 4.12. The molecule has 15 heavy (non-hydrogen) atoms. The molecule has 1 saturated heterocycles. The first-order valence-electron chi connectivity index (χ1n) is 6.53. The average Bonchev–Trinajstić information content (AvgIpc) is 2.18. The number of hydrogen-bond acceptors (Lipinski definition) is 2. The Hall–Kier alpha value is -0.0800. The molecule has 1 heterocycles. The largest absolute Gasteiger partial charge is 0.310 e. The highest BCUT2D eigenvalue weighted by Crippen LogP contribution is 2.20. The highest BCUT2D eigenvalue weighted by Gasteiger charge is 2.28. The standard InChI is InChI=1S/C13H28N2/c1-5-8-12(2)15(4)11-13(3)9-6-7-10-14-13/h12,14H,5-11H2,1-4H3. The van der Waals surface area contributed by atoms with E-state index < -0.39 is 0 Å². The van der Waals surface area contributed by atoms with Crippen LogP contribution in [0.5, 0.6) is 0 Å². The topological polar surface area (TPSA) is 15.3 Å². The monoisotopic (exact) mass is 212 g/mol. The van der Waals surface area contributed by atoms with Crippen molar-refractivity contribution in [2.45, 2.75) is 64.5 Å². The summed E-state index contributed by atoms with van der Waals surface area (Å²) in [4.78, 5) is 2.52. The van der Waals surface area contributed by atoms with Crippen LogP contribution in [0.3, 0.4) is 0 Å². The van der Waals surface area contributed by atoms with Crippen molar-refractivity contribution < 1.29 is 0 Å². The van der Waals surface area contributed by atoms with Crippen molar-refractivity contribution in [3.05, 3.63) is 0 Å². The van der Waals surface area contributed by atoms with Gasteiger partial charge in [-0.3, -0.25) is 0 Å². The summed E-state index contributed by atoms with van der Waals surface area (Å²) in [5, 5.41) is 3.68. The van der Waals surface area contributed by atoms with Gasteiger partial charge in [-0.15, -0.1) is 0 Å². The maximum Gasteiger partial charge on any atom is 0.0280 e. The van der Waals surface area contributed by atoms with Crippen LogP contribution in [0.2, 0.25) is 0 Å². The highest BCUT2D eigenvalue weighted by atomic mass is 15.2. The number of hydrogen-bond donors (Lipinski definition) is 1. The summed E-state index contributed by atoms with van der Waals surface area (Å²) < 4.78 is 0. The lowest BCUT2D eigenvalue weighted by Gasteiger charge is -2.40. The molecule has 0 bridgehead atoms. The van der Waals surface area contributed by atoms with E-state index in [0.717, 1.165) is 6.04 Å². The van der Waals surface area contributed by atoms with Gasteiger partial charge >= 0.3 is 0 Å². The van der Waals surface area contributed by atoms with Gasteiger partial charge in [-0.05, 0) is 46.7 Å². The molecule has 0 spiro atoms. The van der Waals surface area contributed by atoms with Crippen LogP contribution in [0, 0.1) is 0 Å². The van der Waals surface area contributed by atoms with Crippen molar-refractivity contribution in [1.82, 2.24) is 10.2 Å². The maximum absolute atomic E-state index is 3.68. The van der Waals surface area contributed by atoms with Crippen LogP contribution in [0.15, 0.2) is 0 Å². The lowest BCUT2D eigenvalue weighted by molar-refractivity contribution is 0.151. The second-order valence-corrected chi connectivity index (χ2v) is 5.50.